The molecule has 1 aromatic carbocycles. The van der Waals surface area contributed by atoms with E-state index in [0.29, 0.717) is 0 Å². The van der Waals surface area contributed by atoms with Gasteiger partial charge in [0.2, 0.25) is 0 Å². The monoisotopic (exact) mass is 349 g/mol. The van der Waals surface area contributed by atoms with Gasteiger partial charge in [0, 0.05) is 48.2 Å². The normalized spacial score (nSPS) is 11.1. The zero-order valence-electron chi connectivity index (χ0n) is 14.3. The molecule has 0 aliphatic rings. The van der Waals surface area contributed by atoms with E-state index in [-0.39, 0.29) is 0 Å². The van der Waals surface area contributed by atoms with Crippen LogP contribution in [0.1, 0.15) is 16.1 Å². The predicted molar refractivity (Wildman–Crippen MR) is 100 cm³/mol. The summed E-state index contributed by atoms with van der Waals surface area (Å²) in [5.74, 6) is 1.01. The van der Waals surface area contributed by atoms with Gasteiger partial charge in [-0.1, -0.05) is 0 Å². The Morgan fingerprint density at radius 1 is 1.08 bits per heavy atom. The van der Waals surface area contributed by atoms with Gasteiger partial charge in [-0.3, -0.25) is 0 Å². The number of benzene rings is 1. The Morgan fingerprint density at radius 2 is 2.00 bits per heavy atom. The summed E-state index contributed by atoms with van der Waals surface area (Å²) in [5.41, 5.74) is 6.45. The predicted octanol–water partition coefficient (Wildman–Crippen LogP) is 4.05. The fourth-order valence-corrected chi connectivity index (χ4v) is 3.76. The standard InChI is InChI=1S/C19H19N5S/c1-14-12-16(24-9-3-7-22-24)4-5-17(14)19-20-8-11-23(19)10-6-18-15(2)21-13-25-18/h3-5,7-9,11-13H,6,10H2,1-2H3. The van der Waals surface area contributed by atoms with Crippen molar-refractivity contribution in [1.29, 1.82) is 0 Å². The molecular weight excluding hydrogens is 330 g/mol. The summed E-state index contributed by atoms with van der Waals surface area (Å²) in [6.45, 7) is 5.09. The van der Waals surface area contributed by atoms with Gasteiger partial charge in [-0.15, -0.1) is 11.3 Å². The summed E-state index contributed by atoms with van der Waals surface area (Å²) in [7, 11) is 0. The summed E-state index contributed by atoms with van der Waals surface area (Å²) < 4.78 is 4.09. The van der Waals surface area contributed by atoms with E-state index in [2.05, 4.69) is 51.7 Å². The Morgan fingerprint density at radius 3 is 2.72 bits per heavy atom. The van der Waals surface area contributed by atoms with E-state index in [9.17, 15) is 0 Å². The second kappa shape index (κ2) is 6.64. The fraction of sp³-hybridized carbons (Fsp3) is 0.211. The second-order valence-electron chi connectivity index (χ2n) is 6.01. The molecule has 0 bridgehead atoms. The van der Waals surface area contributed by atoms with Crippen LogP contribution in [-0.2, 0) is 13.0 Å². The van der Waals surface area contributed by atoms with Crippen LogP contribution in [0.4, 0.5) is 0 Å². The van der Waals surface area contributed by atoms with E-state index in [4.69, 9.17) is 0 Å². The molecule has 0 amide bonds. The third-order valence-corrected chi connectivity index (χ3v) is 5.35. The molecule has 0 N–H and O–H groups in total. The van der Waals surface area contributed by atoms with E-state index >= 15 is 0 Å². The first-order valence-corrected chi connectivity index (χ1v) is 9.11. The van der Waals surface area contributed by atoms with Crippen LogP contribution in [0.3, 0.4) is 0 Å². The van der Waals surface area contributed by atoms with Crippen molar-refractivity contribution in [3.05, 3.63) is 70.7 Å². The summed E-state index contributed by atoms with van der Waals surface area (Å²) in [5, 5.41) is 4.29. The van der Waals surface area contributed by atoms with Gasteiger partial charge in [0.25, 0.3) is 0 Å². The van der Waals surface area contributed by atoms with Crippen LogP contribution in [-0.4, -0.2) is 24.3 Å². The van der Waals surface area contributed by atoms with Crippen LogP contribution in [0.2, 0.25) is 0 Å². The first-order chi connectivity index (χ1) is 12.2. The number of hydrogen-bond acceptors (Lipinski definition) is 4. The highest BCUT2D eigenvalue weighted by molar-refractivity contribution is 7.09. The van der Waals surface area contributed by atoms with Crippen LogP contribution in [0, 0.1) is 13.8 Å². The Kier molecular flexibility index (Phi) is 4.19. The molecule has 4 aromatic rings. The van der Waals surface area contributed by atoms with Crippen LogP contribution in [0.5, 0.6) is 0 Å². The molecule has 6 heteroatoms. The molecule has 4 rings (SSSR count). The summed E-state index contributed by atoms with van der Waals surface area (Å²) in [6.07, 6.45) is 8.64. The van der Waals surface area contributed by atoms with Crippen molar-refractivity contribution in [3.63, 3.8) is 0 Å². The van der Waals surface area contributed by atoms with Crippen LogP contribution >= 0.6 is 11.3 Å². The quantitative estimate of drug-likeness (QED) is 0.546. The molecule has 0 spiro atoms. The third kappa shape index (κ3) is 3.13. The minimum Gasteiger partial charge on any atom is -0.331 e. The van der Waals surface area contributed by atoms with E-state index in [1.54, 1.807) is 17.5 Å². The van der Waals surface area contributed by atoms with Crippen molar-refractivity contribution in [2.75, 3.05) is 0 Å². The lowest BCUT2D eigenvalue weighted by molar-refractivity contribution is 0.705. The van der Waals surface area contributed by atoms with Gasteiger partial charge in [-0.25, -0.2) is 14.6 Å². The molecule has 0 unspecified atom stereocenters. The van der Waals surface area contributed by atoms with Crippen molar-refractivity contribution in [1.82, 2.24) is 24.3 Å². The molecule has 25 heavy (non-hydrogen) atoms. The van der Waals surface area contributed by atoms with E-state index < -0.39 is 0 Å². The summed E-state index contributed by atoms with van der Waals surface area (Å²) >= 11 is 1.72. The molecule has 126 valence electrons. The number of aryl methyl sites for hydroxylation is 4. The lowest BCUT2D eigenvalue weighted by atomic mass is 10.1. The fourth-order valence-electron chi connectivity index (χ4n) is 2.98. The lowest BCUT2D eigenvalue weighted by Gasteiger charge is -2.11. The van der Waals surface area contributed by atoms with Gasteiger partial charge in [-0.2, -0.15) is 5.10 Å². The molecule has 0 saturated carbocycles. The lowest BCUT2D eigenvalue weighted by Crippen LogP contribution is -2.04. The number of aromatic nitrogens is 5. The van der Waals surface area contributed by atoms with E-state index in [1.807, 2.05) is 34.8 Å². The van der Waals surface area contributed by atoms with Crippen molar-refractivity contribution in [3.8, 4) is 17.1 Å². The van der Waals surface area contributed by atoms with Gasteiger partial charge in [-0.05, 0) is 43.7 Å². The maximum Gasteiger partial charge on any atom is 0.140 e. The Balaban J connectivity index is 1.60. The van der Waals surface area contributed by atoms with Crippen LogP contribution in [0.25, 0.3) is 17.1 Å². The maximum absolute atomic E-state index is 4.59. The number of thiazole rings is 1. The number of imidazole rings is 1. The highest BCUT2D eigenvalue weighted by atomic mass is 32.1. The molecule has 3 heterocycles. The van der Waals surface area contributed by atoms with E-state index in [1.165, 1.54) is 10.4 Å². The van der Waals surface area contributed by atoms with Gasteiger partial charge in [0.1, 0.15) is 5.82 Å². The molecule has 0 aliphatic carbocycles. The zero-order valence-corrected chi connectivity index (χ0v) is 15.1. The van der Waals surface area contributed by atoms with Gasteiger partial charge in [0.05, 0.1) is 16.9 Å². The maximum atomic E-state index is 4.59. The molecule has 3 aromatic heterocycles. The Labute approximate surface area is 150 Å². The molecule has 0 saturated heterocycles. The van der Waals surface area contributed by atoms with Crippen LogP contribution in [0.15, 0.2) is 54.6 Å². The first kappa shape index (κ1) is 15.8. The van der Waals surface area contributed by atoms with Crippen molar-refractivity contribution in [2.45, 2.75) is 26.8 Å². The average molecular weight is 349 g/mol. The Bertz CT molecular complexity index is 981. The van der Waals surface area contributed by atoms with Gasteiger partial charge < -0.3 is 4.57 Å². The third-order valence-electron chi connectivity index (χ3n) is 4.36. The van der Waals surface area contributed by atoms with Crippen molar-refractivity contribution in [2.24, 2.45) is 0 Å². The average Bonchev–Trinajstić information content (AvgIpc) is 3.35. The minimum atomic E-state index is 0.902. The molecule has 0 radical (unpaired) electrons. The topological polar surface area (TPSA) is 48.5 Å². The molecule has 5 nitrogen and oxygen atoms in total. The smallest absolute Gasteiger partial charge is 0.140 e. The highest BCUT2D eigenvalue weighted by Gasteiger charge is 2.11. The number of rotatable bonds is 5. The first-order valence-electron chi connectivity index (χ1n) is 8.23. The minimum absolute atomic E-state index is 0.902. The number of hydrogen-bond donors (Lipinski definition) is 0. The van der Waals surface area contributed by atoms with Gasteiger partial charge >= 0.3 is 0 Å². The molecule has 0 fully saturated rings. The highest BCUT2D eigenvalue weighted by Crippen LogP contribution is 2.25. The molecular formula is C19H19N5S. The molecule has 0 aliphatic heterocycles. The Hall–Kier alpha value is -2.73. The van der Waals surface area contributed by atoms with Crippen molar-refractivity contribution >= 4 is 11.3 Å². The van der Waals surface area contributed by atoms with E-state index in [0.717, 1.165) is 35.7 Å². The van der Waals surface area contributed by atoms with Gasteiger partial charge in [0.15, 0.2) is 0 Å². The SMILES string of the molecule is Cc1cc(-n2cccn2)ccc1-c1nccn1CCc1scnc1C. The zero-order chi connectivity index (χ0) is 17.2. The summed E-state index contributed by atoms with van der Waals surface area (Å²) in [4.78, 5) is 10.3. The molecule has 0 atom stereocenters. The van der Waals surface area contributed by atoms with Crippen molar-refractivity contribution < 1.29 is 0 Å². The second-order valence-corrected chi connectivity index (χ2v) is 6.94. The van der Waals surface area contributed by atoms with Crippen LogP contribution < -0.4 is 0 Å². The summed E-state index contributed by atoms with van der Waals surface area (Å²) in [6, 6.07) is 8.29. The largest absolute Gasteiger partial charge is 0.331 e. The number of nitrogens with zero attached hydrogens (tertiary/aromatic N) is 5.